The summed E-state index contributed by atoms with van der Waals surface area (Å²) in [6, 6.07) is 72.6. The van der Waals surface area contributed by atoms with Crippen LogP contribution in [0.15, 0.2) is 223 Å². The van der Waals surface area contributed by atoms with Crippen molar-refractivity contribution < 1.29 is 4.42 Å². The molecule has 0 radical (unpaired) electrons. The normalized spacial score (nSPS) is 10.8. The minimum atomic E-state index is 0.888. The van der Waals surface area contributed by atoms with Crippen LogP contribution in [0.1, 0.15) is 6.92 Å². The number of para-hydroxylation sites is 4. The van der Waals surface area contributed by atoms with E-state index in [-0.39, 0.29) is 0 Å². The van der Waals surface area contributed by atoms with E-state index in [1.807, 2.05) is 6.92 Å². The highest BCUT2D eigenvalue weighted by atomic mass is 16.3. The second-order valence-corrected chi connectivity index (χ2v) is 13.0. The molecule has 1 aromatic heterocycles. The molecule has 0 amide bonds. The Hall–Kier alpha value is -7.10. The third-order valence-electron chi connectivity index (χ3n) is 9.44. The molecule has 0 unspecified atom stereocenters. The fourth-order valence-corrected chi connectivity index (χ4v) is 6.95. The zero-order valence-electron chi connectivity index (χ0n) is 30.2. The third-order valence-corrected chi connectivity index (χ3v) is 9.44. The van der Waals surface area contributed by atoms with E-state index in [9.17, 15) is 0 Å². The molecule has 0 bridgehead atoms. The van der Waals surface area contributed by atoms with Crippen molar-refractivity contribution in [2.24, 2.45) is 0 Å². The van der Waals surface area contributed by atoms with Crippen molar-refractivity contribution in [2.75, 3.05) is 9.80 Å². The number of fused-ring (bicyclic) bond motifs is 3. The molecular weight excluding hydrogens is 657 g/mol. The number of nitrogens with zero attached hydrogens (tertiary/aromatic N) is 2. The molecule has 3 nitrogen and oxygen atoms in total. The standard InChI is InChI=1S/C48H34N2O.C3H6/c1-5-13-39(14-6-1)49(40-15-7-2-8-16-40)43-27-21-35(22-28-43)37-25-31-47-45(33-37)46-34-38(26-32-48(46)51-47)36-23-29-44(30-24-36)50(41-17-9-3-10-18-41)42-19-11-4-12-20-42;1-3-2/h1-34H;3H,1H2,2H3. The van der Waals surface area contributed by atoms with Gasteiger partial charge in [-0.25, -0.2) is 0 Å². The Labute approximate surface area is 317 Å². The van der Waals surface area contributed by atoms with E-state index in [1.165, 1.54) is 0 Å². The van der Waals surface area contributed by atoms with Crippen molar-refractivity contribution in [1.29, 1.82) is 0 Å². The predicted octanol–water partition coefficient (Wildman–Crippen LogP) is 15.1. The van der Waals surface area contributed by atoms with Crippen LogP contribution in [0.4, 0.5) is 34.1 Å². The Morgan fingerprint density at radius 2 is 0.611 bits per heavy atom. The van der Waals surface area contributed by atoms with Gasteiger partial charge in [0.1, 0.15) is 11.2 Å². The lowest BCUT2D eigenvalue weighted by Crippen LogP contribution is -2.09. The number of benzene rings is 8. The molecule has 0 aliphatic rings. The van der Waals surface area contributed by atoms with Crippen molar-refractivity contribution in [1.82, 2.24) is 0 Å². The third kappa shape index (κ3) is 7.04. The maximum atomic E-state index is 6.32. The van der Waals surface area contributed by atoms with Gasteiger partial charge >= 0.3 is 0 Å². The summed E-state index contributed by atoms with van der Waals surface area (Å²) in [5, 5.41) is 2.22. The highest BCUT2D eigenvalue weighted by Crippen LogP contribution is 2.39. The zero-order chi connectivity index (χ0) is 36.7. The van der Waals surface area contributed by atoms with E-state index in [1.54, 1.807) is 6.08 Å². The van der Waals surface area contributed by atoms with Crippen molar-refractivity contribution in [3.63, 3.8) is 0 Å². The van der Waals surface area contributed by atoms with Crippen molar-refractivity contribution >= 4 is 56.1 Å². The van der Waals surface area contributed by atoms with E-state index in [0.717, 1.165) is 78.3 Å². The van der Waals surface area contributed by atoms with Crippen LogP contribution in [0.25, 0.3) is 44.2 Å². The van der Waals surface area contributed by atoms with Gasteiger partial charge in [0, 0.05) is 44.9 Å². The molecule has 9 aromatic rings. The number of hydrogen-bond acceptors (Lipinski definition) is 3. The second-order valence-electron chi connectivity index (χ2n) is 13.0. The molecular formula is C51H40N2O. The zero-order valence-corrected chi connectivity index (χ0v) is 30.2. The summed E-state index contributed by atoms with van der Waals surface area (Å²) >= 11 is 0. The quantitative estimate of drug-likeness (QED) is 0.147. The molecule has 3 heteroatoms. The van der Waals surface area contributed by atoms with Crippen molar-refractivity contribution in [3.05, 3.63) is 219 Å². The molecule has 0 spiro atoms. The Kier molecular flexibility index (Phi) is 9.86. The first-order valence-corrected chi connectivity index (χ1v) is 18.2. The first-order chi connectivity index (χ1) is 26.7. The van der Waals surface area contributed by atoms with Gasteiger partial charge in [-0.1, -0.05) is 115 Å². The Morgan fingerprint density at radius 1 is 0.352 bits per heavy atom. The van der Waals surface area contributed by atoms with Crippen molar-refractivity contribution in [2.45, 2.75) is 6.92 Å². The van der Waals surface area contributed by atoms with Crippen LogP contribution in [0.2, 0.25) is 0 Å². The van der Waals surface area contributed by atoms with Crippen LogP contribution in [-0.2, 0) is 0 Å². The van der Waals surface area contributed by atoms with Gasteiger partial charge < -0.3 is 14.2 Å². The van der Waals surface area contributed by atoms with Crippen LogP contribution in [0.3, 0.4) is 0 Å². The smallest absolute Gasteiger partial charge is 0.135 e. The lowest BCUT2D eigenvalue weighted by Gasteiger charge is -2.25. The van der Waals surface area contributed by atoms with Gasteiger partial charge in [0.25, 0.3) is 0 Å². The van der Waals surface area contributed by atoms with Crippen LogP contribution in [0, 0.1) is 0 Å². The van der Waals surface area contributed by atoms with E-state index < -0.39 is 0 Å². The van der Waals surface area contributed by atoms with E-state index in [2.05, 4.69) is 223 Å². The summed E-state index contributed by atoms with van der Waals surface area (Å²) < 4.78 is 6.32. The molecule has 0 aliphatic heterocycles. The SMILES string of the molecule is C=CC.c1ccc(N(c2ccccc2)c2ccc(-c3ccc4oc5ccc(-c6ccc(N(c7ccccc7)c7ccccc7)cc6)cc5c4c3)cc2)cc1. The average Bonchev–Trinajstić information content (AvgIpc) is 3.61. The summed E-state index contributed by atoms with van der Waals surface area (Å²) in [6.45, 7) is 5.25. The van der Waals surface area contributed by atoms with Gasteiger partial charge in [-0.2, -0.15) is 0 Å². The fraction of sp³-hybridized carbons (Fsp3) is 0.0196. The lowest BCUT2D eigenvalue weighted by atomic mass is 9.99. The van der Waals surface area contributed by atoms with Gasteiger partial charge in [0.2, 0.25) is 0 Å². The number of furan rings is 1. The molecule has 8 aromatic carbocycles. The molecule has 9 rings (SSSR count). The molecule has 0 N–H and O–H groups in total. The monoisotopic (exact) mass is 696 g/mol. The highest BCUT2D eigenvalue weighted by Gasteiger charge is 2.15. The van der Waals surface area contributed by atoms with Crippen molar-refractivity contribution in [3.8, 4) is 22.3 Å². The van der Waals surface area contributed by atoms with Crippen LogP contribution >= 0.6 is 0 Å². The van der Waals surface area contributed by atoms with Gasteiger partial charge in [-0.05, 0) is 126 Å². The molecule has 0 aliphatic carbocycles. The maximum absolute atomic E-state index is 6.32. The predicted molar refractivity (Wildman–Crippen MR) is 230 cm³/mol. The Bertz CT molecular complexity index is 2340. The molecule has 0 saturated carbocycles. The first kappa shape index (κ1) is 34.0. The number of hydrogen-bond donors (Lipinski definition) is 0. The minimum Gasteiger partial charge on any atom is -0.456 e. The van der Waals surface area contributed by atoms with E-state index in [4.69, 9.17) is 4.42 Å². The fourth-order valence-electron chi connectivity index (χ4n) is 6.95. The molecule has 1 heterocycles. The molecule has 0 saturated heterocycles. The summed E-state index contributed by atoms with van der Waals surface area (Å²) in [5.74, 6) is 0. The first-order valence-electron chi connectivity index (χ1n) is 18.2. The molecule has 260 valence electrons. The largest absolute Gasteiger partial charge is 0.456 e. The topological polar surface area (TPSA) is 19.6 Å². The Morgan fingerprint density at radius 3 is 0.907 bits per heavy atom. The summed E-state index contributed by atoms with van der Waals surface area (Å²) in [4.78, 5) is 4.57. The van der Waals surface area contributed by atoms with Crippen LogP contribution in [-0.4, -0.2) is 0 Å². The summed E-state index contributed by atoms with van der Waals surface area (Å²) in [5.41, 5.74) is 13.1. The van der Waals surface area contributed by atoms with Crippen LogP contribution < -0.4 is 9.80 Å². The molecule has 0 atom stereocenters. The average molecular weight is 697 g/mol. The minimum absolute atomic E-state index is 0.888. The van der Waals surface area contributed by atoms with Gasteiger partial charge in [-0.3, -0.25) is 0 Å². The highest BCUT2D eigenvalue weighted by molar-refractivity contribution is 6.07. The Balaban J connectivity index is 0.00000134. The van der Waals surface area contributed by atoms with E-state index in [0.29, 0.717) is 0 Å². The number of anilines is 6. The second kappa shape index (κ2) is 15.6. The van der Waals surface area contributed by atoms with E-state index >= 15 is 0 Å². The molecule has 54 heavy (non-hydrogen) atoms. The number of allylic oxidation sites excluding steroid dienone is 1. The van der Waals surface area contributed by atoms with Crippen LogP contribution in [0.5, 0.6) is 0 Å². The lowest BCUT2D eigenvalue weighted by molar-refractivity contribution is 0.669. The summed E-state index contributed by atoms with van der Waals surface area (Å²) in [6.07, 6.45) is 1.75. The van der Waals surface area contributed by atoms with Gasteiger partial charge in [0.05, 0.1) is 0 Å². The molecule has 0 fully saturated rings. The van der Waals surface area contributed by atoms with Gasteiger partial charge in [-0.15, -0.1) is 6.58 Å². The maximum Gasteiger partial charge on any atom is 0.135 e. The summed E-state index contributed by atoms with van der Waals surface area (Å²) in [7, 11) is 0. The van der Waals surface area contributed by atoms with Gasteiger partial charge in [0.15, 0.2) is 0 Å². The number of rotatable bonds is 8.